The molecule has 2 aromatic rings. The summed E-state index contributed by atoms with van der Waals surface area (Å²) in [5.74, 6) is -0.309. The Labute approximate surface area is 92.8 Å². The maximum Gasteiger partial charge on any atom is 0.161 e. The molecule has 0 aliphatic carbocycles. The molecular weight excluding hydrogens is 205 g/mol. The predicted molar refractivity (Wildman–Crippen MR) is 59.6 cm³/mol. The highest BCUT2D eigenvalue weighted by molar-refractivity contribution is 5.94. The third-order valence-corrected chi connectivity index (χ3v) is 2.32. The summed E-state index contributed by atoms with van der Waals surface area (Å²) in [4.78, 5) is 15.2. The highest BCUT2D eigenvalue weighted by atomic mass is 19.1. The predicted octanol–water partition coefficient (Wildman–Crippen LogP) is 3.09. The second kappa shape index (κ2) is 4.23. The Morgan fingerprint density at radius 3 is 2.44 bits per heavy atom. The quantitative estimate of drug-likeness (QED) is 0.720. The average Bonchev–Trinajstić information content (AvgIpc) is 2.30. The lowest BCUT2D eigenvalue weighted by molar-refractivity contribution is 0.101. The topological polar surface area (TPSA) is 30.0 Å². The largest absolute Gasteiger partial charge is 0.294 e. The van der Waals surface area contributed by atoms with Crippen molar-refractivity contribution in [1.82, 2.24) is 4.98 Å². The van der Waals surface area contributed by atoms with E-state index in [-0.39, 0.29) is 11.6 Å². The van der Waals surface area contributed by atoms with Crippen molar-refractivity contribution in [2.75, 3.05) is 0 Å². The fourth-order valence-corrected chi connectivity index (χ4v) is 1.43. The van der Waals surface area contributed by atoms with E-state index < -0.39 is 0 Å². The van der Waals surface area contributed by atoms with Gasteiger partial charge in [-0.1, -0.05) is 12.1 Å². The minimum absolute atomic E-state index is 0.0311. The van der Waals surface area contributed by atoms with Crippen molar-refractivity contribution in [3.63, 3.8) is 0 Å². The molecule has 0 saturated heterocycles. The molecule has 80 valence electrons. The minimum atomic E-state index is -0.278. The number of Topliss-reactive ketones (excluding diaryl/α,β-unsaturated/α-hetero) is 1. The van der Waals surface area contributed by atoms with Gasteiger partial charge in [-0.3, -0.25) is 9.78 Å². The molecule has 16 heavy (non-hydrogen) atoms. The molecule has 0 saturated carbocycles. The Kier molecular flexibility index (Phi) is 2.77. The number of hydrogen-bond acceptors (Lipinski definition) is 2. The molecule has 1 heterocycles. The standard InChI is InChI=1S/C13H10FNO/c1-9(16)11-6-12(8-15-7-11)10-2-4-13(14)5-3-10/h2-8H,1H3. The van der Waals surface area contributed by atoms with Crippen LogP contribution in [0.25, 0.3) is 11.1 Å². The van der Waals surface area contributed by atoms with Gasteiger partial charge in [0.25, 0.3) is 0 Å². The van der Waals surface area contributed by atoms with Crippen molar-refractivity contribution >= 4 is 5.78 Å². The Bertz CT molecular complexity index is 520. The molecule has 1 aromatic heterocycles. The van der Waals surface area contributed by atoms with Crippen LogP contribution in [0.2, 0.25) is 0 Å². The van der Waals surface area contributed by atoms with E-state index in [1.165, 1.54) is 25.3 Å². The normalized spacial score (nSPS) is 10.1. The molecule has 0 fully saturated rings. The highest BCUT2D eigenvalue weighted by Crippen LogP contribution is 2.19. The monoisotopic (exact) mass is 215 g/mol. The molecule has 0 aliphatic heterocycles. The Morgan fingerprint density at radius 1 is 1.12 bits per heavy atom. The van der Waals surface area contributed by atoms with Crippen LogP contribution in [0.15, 0.2) is 42.7 Å². The molecule has 0 spiro atoms. The second-order valence-electron chi connectivity index (χ2n) is 3.53. The maximum absolute atomic E-state index is 12.7. The first-order chi connectivity index (χ1) is 7.66. The summed E-state index contributed by atoms with van der Waals surface area (Å²) < 4.78 is 12.7. The van der Waals surface area contributed by atoms with Gasteiger partial charge in [0.05, 0.1) is 0 Å². The van der Waals surface area contributed by atoms with Gasteiger partial charge in [-0.05, 0) is 30.7 Å². The van der Waals surface area contributed by atoms with Gasteiger partial charge in [-0.2, -0.15) is 0 Å². The lowest BCUT2D eigenvalue weighted by Crippen LogP contribution is -1.93. The first-order valence-electron chi connectivity index (χ1n) is 4.89. The molecule has 2 rings (SSSR count). The van der Waals surface area contributed by atoms with E-state index in [0.29, 0.717) is 5.56 Å². The number of hydrogen-bond donors (Lipinski definition) is 0. The lowest BCUT2D eigenvalue weighted by Gasteiger charge is -2.02. The molecular formula is C13H10FNO. The van der Waals surface area contributed by atoms with Gasteiger partial charge in [0, 0.05) is 23.5 Å². The van der Waals surface area contributed by atoms with E-state index in [0.717, 1.165) is 11.1 Å². The molecule has 0 bridgehead atoms. The average molecular weight is 215 g/mol. The first kappa shape index (κ1) is 10.5. The summed E-state index contributed by atoms with van der Waals surface area (Å²) >= 11 is 0. The van der Waals surface area contributed by atoms with Gasteiger partial charge in [0.2, 0.25) is 0 Å². The van der Waals surface area contributed by atoms with E-state index in [1.54, 1.807) is 24.4 Å². The van der Waals surface area contributed by atoms with Crippen LogP contribution in [0, 0.1) is 5.82 Å². The van der Waals surface area contributed by atoms with E-state index in [4.69, 9.17) is 0 Å². The van der Waals surface area contributed by atoms with Gasteiger partial charge in [-0.25, -0.2) is 4.39 Å². The number of aromatic nitrogens is 1. The van der Waals surface area contributed by atoms with E-state index in [9.17, 15) is 9.18 Å². The zero-order valence-electron chi connectivity index (χ0n) is 8.77. The SMILES string of the molecule is CC(=O)c1cncc(-c2ccc(F)cc2)c1. The summed E-state index contributed by atoms with van der Waals surface area (Å²) in [6, 6.07) is 7.85. The van der Waals surface area contributed by atoms with Crippen molar-refractivity contribution in [2.24, 2.45) is 0 Å². The van der Waals surface area contributed by atoms with Crippen LogP contribution in [0.4, 0.5) is 4.39 Å². The van der Waals surface area contributed by atoms with Crippen molar-refractivity contribution in [2.45, 2.75) is 6.92 Å². The number of carbonyl (C=O) groups excluding carboxylic acids is 1. The van der Waals surface area contributed by atoms with Crippen molar-refractivity contribution < 1.29 is 9.18 Å². The summed E-state index contributed by atoms with van der Waals surface area (Å²) in [5, 5.41) is 0. The van der Waals surface area contributed by atoms with Gasteiger partial charge in [0.15, 0.2) is 5.78 Å². The van der Waals surface area contributed by atoms with E-state index >= 15 is 0 Å². The van der Waals surface area contributed by atoms with Crippen LogP contribution in [0.1, 0.15) is 17.3 Å². The summed E-state index contributed by atoms with van der Waals surface area (Å²) in [6.45, 7) is 1.49. The fourth-order valence-electron chi connectivity index (χ4n) is 1.43. The second-order valence-corrected chi connectivity index (χ2v) is 3.53. The zero-order chi connectivity index (χ0) is 11.5. The number of ketones is 1. The highest BCUT2D eigenvalue weighted by Gasteiger charge is 2.03. The van der Waals surface area contributed by atoms with Crippen LogP contribution in [0.5, 0.6) is 0 Å². The third kappa shape index (κ3) is 2.14. The molecule has 0 aliphatic rings. The maximum atomic E-state index is 12.7. The lowest BCUT2D eigenvalue weighted by atomic mass is 10.1. The van der Waals surface area contributed by atoms with Gasteiger partial charge < -0.3 is 0 Å². The van der Waals surface area contributed by atoms with Crippen LogP contribution in [-0.4, -0.2) is 10.8 Å². The van der Waals surface area contributed by atoms with Crippen molar-refractivity contribution in [3.05, 3.63) is 54.1 Å². The van der Waals surface area contributed by atoms with Gasteiger partial charge >= 0.3 is 0 Å². The van der Waals surface area contributed by atoms with Crippen molar-refractivity contribution in [1.29, 1.82) is 0 Å². The van der Waals surface area contributed by atoms with Crippen LogP contribution >= 0.6 is 0 Å². The van der Waals surface area contributed by atoms with Gasteiger partial charge in [-0.15, -0.1) is 0 Å². The van der Waals surface area contributed by atoms with E-state index in [2.05, 4.69) is 4.98 Å². The number of nitrogens with zero attached hydrogens (tertiary/aromatic N) is 1. The molecule has 3 heteroatoms. The molecule has 0 radical (unpaired) electrons. The van der Waals surface area contributed by atoms with Crippen LogP contribution in [0.3, 0.4) is 0 Å². The minimum Gasteiger partial charge on any atom is -0.294 e. The summed E-state index contributed by atoms with van der Waals surface area (Å²) in [7, 11) is 0. The number of halogens is 1. The Balaban J connectivity index is 2.44. The van der Waals surface area contributed by atoms with Gasteiger partial charge in [0.1, 0.15) is 5.82 Å². The van der Waals surface area contributed by atoms with Crippen LogP contribution < -0.4 is 0 Å². The number of benzene rings is 1. The Hall–Kier alpha value is -2.03. The number of pyridine rings is 1. The summed E-state index contributed by atoms with van der Waals surface area (Å²) in [5.41, 5.74) is 2.21. The zero-order valence-corrected chi connectivity index (χ0v) is 8.77. The molecule has 1 aromatic carbocycles. The number of carbonyl (C=O) groups is 1. The molecule has 0 N–H and O–H groups in total. The third-order valence-electron chi connectivity index (χ3n) is 2.32. The molecule has 0 unspecified atom stereocenters. The molecule has 0 amide bonds. The van der Waals surface area contributed by atoms with E-state index in [1.807, 2.05) is 0 Å². The summed E-state index contributed by atoms with van der Waals surface area (Å²) in [6.07, 6.45) is 3.18. The smallest absolute Gasteiger partial charge is 0.161 e. The molecule has 2 nitrogen and oxygen atoms in total. The molecule has 0 atom stereocenters. The van der Waals surface area contributed by atoms with Crippen molar-refractivity contribution in [3.8, 4) is 11.1 Å². The van der Waals surface area contributed by atoms with Crippen LogP contribution in [-0.2, 0) is 0 Å². The first-order valence-corrected chi connectivity index (χ1v) is 4.89. The fraction of sp³-hybridized carbons (Fsp3) is 0.0769. The number of rotatable bonds is 2. The Morgan fingerprint density at radius 2 is 1.81 bits per heavy atom.